The average molecular weight is 313 g/mol. The van der Waals surface area contributed by atoms with Crippen LogP contribution >= 0.6 is 11.8 Å². The number of rotatable bonds is 4. The van der Waals surface area contributed by atoms with Gasteiger partial charge in [-0.2, -0.15) is 13.2 Å². The third-order valence-corrected chi connectivity index (χ3v) is 3.79. The zero-order valence-electron chi connectivity index (χ0n) is 11.3. The standard InChI is InChI=1S/C14H14F3N3S/c1-2-11(18)12-5-4-10(8-19-12)21-13-6-3-9(7-20-13)14(15,16)17/h3-8,11H,2,18H2,1H3/t11-/m0/s1. The van der Waals surface area contributed by atoms with Crippen molar-refractivity contribution in [3.8, 4) is 0 Å². The van der Waals surface area contributed by atoms with Crippen molar-refractivity contribution >= 4 is 11.8 Å². The lowest BCUT2D eigenvalue weighted by atomic mass is 10.1. The molecule has 2 aromatic rings. The normalized spacial score (nSPS) is 13.2. The van der Waals surface area contributed by atoms with E-state index in [2.05, 4.69) is 9.97 Å². The molecule has 0 aliphatic heterocycles. The van der Waals surface area contributed by atoms with Gasteiger partial charge in [-0.25, -0.2) is 4.98 Å². The molecule has 21 heavy (non-hydrogen) atoms. The first-order valence-corrected chi connectivity index (χ1v) is 7.14. The van der Waals surface area contributed by atoms with Crippen LogP contribution in [-0.4, -0.2) is 9.97 Å². The molecule has 2 rings (SSSR count). The summed E-state index contributed by atoms with van der Waals surface area (Å²) in [4.78, 5) is 8.85. The smallest absolute Gasteiger partial charge is 0.323 e. The lowest BCUT2D eigenvalue weighted by molar-refractivity contribution is -0.137. The second kappa shape index (κ2) is 6.44. The molecule has 0 fully saturated rings. The largest absolute Gasteiger partial charge is 0.417 e. The van der Waals surface area contributed by atoms with Gasteiger partial charge in [0.05, 0.1) is 11.3 Å². The number of nitrogens with two attached hydrogens (primary N) is 1. The third kappa shape index (κ3) is 4.18. The van der Waals surface area contributed by atoms with Crippen LogP contribution in [0.25, 0.3) is 0 Å². The summed E-state index contributed by atoms with van der Waals surface area (Å²) in [5.41, 5.74) is 5.90. The number of pyridine rings is 2. The van der Waals surface area contributed by atoms with E-state index in [1.807, 2.05) is 19.1 Å². The van der Waals surface area contributed by atoms with E-state index in [0.29, 0.717) is 5.03 Å². The van der Waals surface area contributed by atoms with Crippen LogP contribution in [0.1, 0.15) is 30.6 Å². The number of alkyl halides is 3. The zero-order valence-corrected chi connectivity index (χ0v) is 12.1. The predicted molar refractivity (Wildman–Crippen MR) is 74.8 cm³/mol. The van der Waals surface area contributed by atoms with E-state index >= 15 is 0 Å². The fraction of sp³-hybridized carbons (Fsp3) is 0.286. The predicted octanol–water partition coefficient (Wildman–Crippen LogP) is 4.06. The fourth-order valence-corrected chi connectivity index (χ4v) is 2.33. The second-order valence-corrected chi connectivity index (χ2v) is 5.51. The van der Waals surface area contributed by atoms with Crippen molar-refractivity contribution in [1.29, 1.82) is 0 Å². The lowest BCUT2D eigenvalue weighted by Crippen LogP contribution is -2.10. The van der Waals surface area contributed by atoms with Crippen molar-refractivity contribution in [1.82, 2.24) is 9.97 Å². The number of hydrogen-bond donors (Lipinski definition) is 1. The van der Waals surface area contributed by atoms with E-state index in [1.54, 1.807) is 6.20 Å². The van der Waals surface area contributed by atoms with Gasteiger partial charge in [-0.15, -0.1) is 0 Å². The van der Waals surface area contributed by atoms with Crippen molar-refractivity contribution < 1.29 is 13.2 Å². The molecular weight excluding hydrogens is 299 g/mol. The van der Waals surface area contributed by atoms with Gasteiger partial charge >= 0.3 is 6.18 Å². The highest BCUT2D eigenvalue weighted by atomic mass is 32.2. The number of nitrogens with zero attached hydrogens (tertiary/aromatic N) is 2. The Morgan fingerprint density at radius 2 is 1.90 bits per heavy atom. The van der Waals surface area contributed by atoms with E-state index in [0.717, 1.165) is 29.3 Å². The summed E-state index contributed by atoms with van der Waals surface area (Å²) in [6, 6.07) is 5.92. The molecule has 112 valence electrons. The van der Waals surface area contributed by atoms with E-state index in [1.165, 1.54) is 17.8 Å². The second-order valence-electron chi connectivity index (χ2n) is 4.42. The van der Waals surface area contributed by atoms with Crippen molar-refractivity contribution in [2.45, 2.75) is 35.5 Å². The highest BCUT2D eigenvalue weighted by molar-refractivity contribution is 7.99. The molecule has 3 nitrogen and oxygen atoms in total. The van der Waals surface area contributed by atoms with E-state index < -0.39 is 11.7 Å². The Balaban J connectivity index is 2.08. The summed E-state index contributed by atoms with van der Waals surface area (Å²) in [6.07, 6.45) is -1.10. The maximum atomic E-state index is 12.4. The summed E-state index contributed by atoms with van der Waals surface area (Å²) in [6.45, 7) is 1.97. The average Bonchev–Trinajstić information content (AvgIpc) is 2.47. The molecule has 2 heterocycles. The van der Waals surface area contributed by atoms with Gasteiger partial charge in [0.15, 0.2) is 0 Å². The number of hydrogen-bond acceptors (Lipinski definition) is 4. The van der Waals surface area contributed by atoms with E-state index in [9.17, 15) is 13.2 Å². The first-order valence-electron chi connectivity index (χ1n) is 6.32. The van der Waals surface area contributed by atoms with Crippen molar-refractivity contribution in [3.05, 3.63) is 47.9 Å². The molecule has 0 bridgehead atoms. The van der Waals surface area contributed by atoms with Crippen molar-refractivity contribution in [3.63, 3.8) is 0 Å². The monoisotopic (exact) mass is 313 g/mol. The van der Waals surface area contributed by atoms with Gasteiger partial charge in [0.25, 0.3) is 0 Å². The minimum absolute atomic E-state index is 0.103. The first kappa shape index (κ1) is 15.8. The van der Waals surface area contributed by atoms with Crippen molar-refractivity contribution in [2.75, 3.05) is 0 Å². The van der Waals surface area contributed by atoms with E-state index in [-0.39, 0.29) is 6.04 Å². The minimum Gasteiger partial charge on any atom is -0.323 e. The molecule has 0 spiro atoms. The first-order chi connectivity index (χ1) is 9.90. The topological polar surface area (TPSA) is 51.8 Å². The fourth-order valence-electron chi connectivity index (χ4n) is 1.61. The van der Waals surface area contributed by atoms with Gasteiger partial charge in [-0.05, 0) is 30.7 Å². The van der Waals surface area contributed by atoms with Gasteiger partial charge in [0, 0.05) is 23.3 Å². The van der Waals surface area contributed by atoms with Crippen LogP contribution in [0.4, 0.5) is 13.2 Å². The van der Waals surface area contributed by atoms with Crippen LogP contribution in [-0.2, 0) is 6.18 Å². The van der Waals surface area contributed by atoms with Crippen LogP contribution in [0.2, 0.25) is 0 Å². The molecule has 0 radical (unpaired) electrons. The third-order valence-electron chi connectivity index (χ3n) is 2.87. The highest BCUT2D eigenvalue weighted by Gasteiger charge is 2.30. The molecule has 2 aromatic heterocycles. The Labute approximate surface area is 124 Å². The van der Waals surface area contributed by atoms with Crippen LogP contribution in [0, 0.1) is 0 Å². The number of aromatic nitrogens is 2. The summed E-state index contributed by atoms with van der Waals surface area (Å²) >= 11 is 1.25. The Morgan fingerprint density at radius 1 is 1.14 bits per heavy atom. The molecule has 0 aromatic carbocycles. The molecule has 7 heteroatoms. The van der Waals surface area contributed by atoms with Crippen LogP contribution in [0.3, 0.4) is 0 Å². The molecule has 2 N–H and O–H groups in total. The maximum Gasteiger partial charge on any atom is 0.417 e. The van der Waals surface area contributed by atoms with Crippen LogP contribution in [0.15, 0.2) is 46.6 Å². The van der Waals surface area contributed by atoms with Crippen LogP contribution in [0.5, 0.6) is 0 Å². The molecule has 0 aliphatic rings. The molecule has 0 unspecified atom stereocenters. The lowest BCUT2D eigenvalue weighted by Gasteiger charge is -2.09. The number of halogens is 3. The Morgan fingerprint density at radius 3 is 2.38 bits per heavy atom. The quantitative estimate of drug-likeness (QED) is 0.925. The maximum absolute atomic E-state index is 12.4. The zero-order chi connectivity index (χ0) is 15.5. The summed E-state index contributed by atoms with van der Waals surface area (Å²) < 4.78 is 37.3. The summed E-state index contributed by atoms with van der Waals surface area (Å²) in [7, 11) is 0. The SMILES string of the molecule is CC[C@H](N)c1ccc(Sc2ccc(C(F)(F)F)cn2)cn1. The van der Waals surface area contributed by atoms with Gasteiger partial charge in [0.2, 0.25) is 0 Å². The van der Waals surface area contributed by atoms with Gasteiger partial charge < -0.3 is 5.73 Å². The highest BCUT2D eigenvalue weighted by Crippen LogP contribution is 2.31. The van der Waals surface area contributed by atoms with E-state index in [4.69, 9.17) is 5.73 Å². The summed E-state index contributed by atoms with van der Waals surface area (Å²) in [5, 5.41) is 0.484. The molecule has 0 amide bonds. The van der Waals surface area contributed by atoms with Gasteiger partial charge in [-0.1, -0.05) is 18.7 Å². The Hall–Kier alpha value is -1.60. The molecule has 0 aliphatic carbocycles. The molecule has 1 atom stereocenters. The minimum atomic E-state index is -4.37. The van der Waals surface area contributed by atoms with Gasteiger partial charge in [-0.3, -0.25) is 4.98 Å². The molecule has 0 saturated carbocycles. The Kier molecular flexibility index (Phi) is 4.84. The molecule has 0 saturated heterocycles. The van der Waals surface area contributed by atoms with Crippen LogP contribution < -0.4 is 5.73 Å². The summed E-state index contributed by atoms with van der Waals surface area (Å²) in [5.74, 6) is 0. The van der Waals surface area contributed by atoms with Gasteiger partial charge in [0.1, 0.15) is 5.03 Å². The molecular formula is C14H14F3N3S. The van der Waals surface area contributed by atoms with Crippen molar-refractivity contribution in [2.24, 2.45) is 5.73 Å². The Bertz CT molecular complexity index is 582.